The molecule has 4 heteroatoms. The molecule has 0 saturated carbocycles. The fraction of sp³-hybridized carbons (Fsp3) is 0.0909. The molecule has 0 unspecified atom stereocenters. The van der Waals surface area contributed by atoms with Crippen LogP contribution in [0.2, 0.25) is 0 Å². The first kappa shape index (κ1) is 9.28. The lowest BCUT2D eigenvalue weighted by molar-refractivity contribution is 0.415. The normalized spacial score (nSPS) is 9.87. The number of methoxy groups -OCH3 is 1. The van der Waals surface area contributed by atoms with Crippen molar-refractivity contribution in [3.05, 3.63) is 40.2 Å². The lowest BCUT2D eigenvalue weighted by Crippen LogP contribution is -2.00. The van der Waals surface area contributed by atoms with Crippen LogP contribution in [0.3, 0.4) is 0 Å². The summed E-state index contributed by atoms with van der Waals surface area (Å²) < 4.78 is 10.2. The van der Waals surface area contributed by atoms with Crippen LogP contribution in [-0.2, 0) is 0 Å². The van der Waals surface area contributed by atoms with E-state index in [1.54, 1.807) is 24.3 Å². The van der Waals surface area contributed by atoms with Gasteiger partial charge in [-0.25, -0.2) is 0 Å². The fourth-order valence-corrected chi connectivity index (χ4v) is 1.32. The van der Waals surface area contributed by atoms with Gasteiger partial charge < -0.3 is 9.15 Å². The Morgan fingerprint density at radius 2 is 2.20 bits per heavy atom. The zero-order valence-corrected chi connectivity index (χ0v) is 7.98. The number of hydrogen-bond donors (Lipinski definition) is 0. The van der Waals surface area contributed by atoms with Gasteiger partial charge in [0, 0.05) is 6.07 Å². The number of fused-ring (bicyclic) bond motifs is 1. The molecule has 0 aliphatic heterocycles. The number of ether oxygens (including phenoxy) is 1. The highest BCUT2D eigenvalue weighted by atomic mass is 16.5. The van der Waals surface area contributed by atoms with E-state index < -0.39 is 0 Å². The molecule has 0 atom stereocenters. The predicted octanol–water partition coefficient (Wildman–Crippen LogP) is 1.67. The first-order valence-corrected chi connectivity index (χ1v) is 4.26. The van der Waals surface area contributed by atoms with Crippen LogP contribution in [-0.4, -0.2) is 7.11 Å². The molecule has 2 rings (SSSR count). The molecule has 2 aromatic rings. The smallest absolute Gasteiger partial charge is 0.207 e. The number of nitrogens with zero attached hydrogens (tertiary/aromatic N) is 1. The second-order valence-corrected chi connectivity index (χ2v) is 2.95. The van der Waals surface area contributed by atoms with Crippen molar-refractivity contribution in [2.75, 3.05) is 7.11 Å². The minimum absolute atomic E-state index is 0.0117. The van der Waals surface area contributed by atoms with Gasteiger partial charge >= 0.3 is 0 Å². The van der Waals surface area contributed by atoms with Crippen LogP contribution in [0.15, 0.2) is 33.5 Å². The molecule has 0 bridgehead atoms. The monoisotopic (exact) mass is 201 g/mol. The lowest BCUT2D eigenvalue weighted by Gasteiger charge is -2.00. The van der Waals surface area contributed by atoms with Crippen LogP contribution in [0.4, 0.5) is 0 Å². The SMILES string of the molecule is COc1ccc2oc(C#N)cc(=O)c2c1. The van der Waals surface area contributed by atoms with E-state index in [0.717, 1.165) is 0 Å². The van der Waals surface area contributed by atoms with E-state index in [-0.39, 0.29) is 11.2 Å². The summed E-state index contributed by atoms with van der Waals surface area (Å²) in [4.78, 5) is 11.6. The van der Waals surface area contributed by atoms with E-state index >= 15 is 0 Å². The maximum atomic E-state index is 11.6. The van der Waals surface area contributed by atoms with Crippen molar-refractivity contribution in [1.82, 2.24) is 0 Å². The van der Waals surface area contributed by atoms with Crippen LogP contribution in [0.5, 0.6) is 5.75 Å². The number of rotatable bonds is 1. The summed E-state index contributed by atoms with van der Waals surface area (Å²) in [5.41, 5.74) is 0.145. The summed E-state index contributed by atoms with van der Waals surface area (Å²) in [5.74, 6) is 0.595. The molecule has 0 amide bonds. The summed E-state index contributed by atoms with van der Waals surface area (Å²) in [6.07, 6.45) is 0. The van der Waals surface area contributed by atoms with Gasteiger partial charge in [0.15, 0.2) is 5.43 Å². The largest absolute Gasteiger partial charge is 0.497 e. The minimum Gasteiger partial charge on any atom is -0.497 e. The Hall–Kier alpha value is -2.28. The van der Waals surface area contributed by atoms with Crippen LogP contribution >= 0.6 is 0 Å². The van der Waals surface area contributed by atoms with Crippen LogP contribution < -0.4 is 10.2 Å². The molecular formula is C11H7NO3. The Morgan fingerprint density at radius 3 is 2.87 bits per heavy atom. The van der Waals surface area contributed by atoms with Crippen molar-refractivity contribution >= 4 is 11.0 Å². The summed E-state index contributed by atoms with van der Waals surface area (Å²) >= 11 is 0. The molecule has 0 aliphatic rings. The van der Waals surface area contributed by atoms with Gasteiger partial charge in [-0.15, -0.1) is 0 Å². The Morgan fingerprint density at radius 1 is 1.40 bits per heavy atom. The fourth-order valence-electron chi connectivity index (χ4n) is 1.32. The van der Waals surface area contributed by atoms with Gasteiger partial charge in [-0.1, -0.05) is 0 Å². The van der Waals surface area contributed by atoms with Crippen LogP contribution in [0.25, 0.3) is 11.0 Å². The Bertz CT molecular complexity index is 607. The second-order valence-electron chi connectivity index (χ2n) is 2.95. The summed E-state index contributed by atoms with van der Waals surface area (Å²) in [6.45, 7) is 0. The number of benzene rings is 1. The third-order valence-corrected chi connectivity index (χ3v) is 2.04. The second kappa shape index (κ2) is 3.46. The highest BCUT2D eigenvalue weighted by Gasteiger charge is 2.05. The van der Waals surface area contributed by atoms with Gasteiger partial charge in [0.2, 0.25) is 5.76 Å². The standard InChI is InChI=1S/C11H7NO3/c1-14-7-2-3-11-9(4-7)10(13)5-8(6-12)15-11/h2-5H,1H3. The number of nitriles is 1. The molecule has 4 nitrogen and oxygen atoms in total. The first-order valence-electron chi connectivity index (χ1n) is 4.26. The van der Waals surface area contributed by atoms with E-state index in [1.165, 1.54) is 13.2 Å². The quantitative estimate of drug-likeness (QED) is 0.704. The van der Waals surface area contributed by atoms with Crippen molar-refractivity contribution in [1.29, 1.82) is 5.26 Å². The van der Waals surface area contributed by atoms with Crippen LogP contribution in [0, 0.1) is 11.3 Å². The van der Waals surface area contributed by atoms with Gasteiger partial charge in [-0.2, -0.15) is 5.26 Å². The van der Waals surface area contributed by atoms with E-state index in [1.807, 2.05) is 0 Å². The van der Waals surface area contributed by atoms with Crippen LogP contribution in [0.1, 0.15) is 5.76 Å². The van der Waals surface area contributed by atoms with Gasteiger partial charge in [-0.05, 0) is 18.2 Å². The van der Waals surface area contributed by atoms with Crippen molar-refractivity contribution in [3.63, 3.8) is 0 Å². The van der Waals surface area contributed by atoms with Gasteiger partial charge in [0.1, 0.15) is 17.4 Å². The zero-order valence-electron chi connectivity index (χ0n) is 7.98. The summed E-state index contributed by atoms with van der Waals surface area (Å²) in [7, 11) is 1.52. The van der Waals surface area contributed by atoms with Crippen molar-refractivity contribution in [2.24, 2.45) is 0 Å². The summed E-state index contributed by atoms with van der Waals surface area (Å²) in [5, 5.41) is 9.03. The molecule has 0 radical (unpaired) electrons. The van der Waals surface area contributed by atoms with Crippen molar-refractivity contribution < 1.29 is 9.15 Å². The first-order chi connectivity index (χ1) is 7.24. The Kier molecular flexibility index (Phi) is 2.14. The van der Waals surface area contributed by atoms with E-state index in [9.17, 15) is 4.79 Å². The Balaban J connectivity index is 2.81. The van der Waals surface area contributed by atoms with Gasteiger partial charge in [-0.3, -0.25) is 4.79 Å². The highest BCUT2D eigenvalue weighted by Crippen LogP contribution is 2.18. The molecule has 0 spiro atoms. The minimum atomic E-state index is -0.244. The van der Waals surface area contributed by atoms with E-state index in [4.69, 9.17) is 14.4 Å². The van der Waals surface area contributed by atoms with Gasteiger partial charge in [0.25, 0.3) is 0 Å². The van der Waals surface area contributed by atoms with E-state index in [0.29, 0.717) is 16.7 Å². The molecule has 1 aromatic heterocycles. The Labute approximate surface area is 85.3 Å². The molecule has 0 saturated heterocycles. The lowest BCUT2D eigenvalue weighted by atomic mass is 10.2. The zero-order chi connectivity index (χ0) is 10.8. The average Bonchev–Trinajstić information content (AvgIpc) is 2.28. The van der Waals surface area contributed by atoms with Crippen molar-refractivity contribution in [2.45, 2.75) is 0 Å². The predicted molar refractivity (Wildman–Crippen MR) is 53.8 cm³/mol. The van der Waals surface area contributed by atoms with Gasteiger partial charge in [0.05, 0.1) is 12.5 Å². The van der Waals surface area contributed by atoms with E-state index in [2.05, 4.69) is 0 Å². The molecule has 0 aliphatic carbocycles. The highest BCUT2D eigenvalue weighted by molar-refractivity contribution is 5.78. The molecule has 0 fully saturated rings. The molecule has 1 aromatic carbocycles. The maximum absolute atomic E-state index is 11.6. The third-order valence-electron chi connectivity index (χ3n) is 2.04. The number of hydrogen-bond acceptors (Lipinski definition) is 4. The molecule has 15 heavy (non-hydrogen) atoms. The maximum Gasteiger partial charge on any atom is 0.207 e. The molecule has 0 N–H and O–H groups in total. The average molecular weight is 201 g/mol. The molecular weight excluding hydrogens is 194 g/mol. The van der Waals surface area contributed by atoms with Crippen molar-refractivity contribution in [3.8, 4) is 11.8 Å². The topological polar surface area (TPSA) is 63.2 Å². The summed E-state index contributed by atoms with van der Waals surface area (Å²) in [6, 6.07) is 7.83. The molecule has 1 heterocycles. The molecule has 74 valence electrons. The third kappa shape index (κ3) is 1.55.